The Balaban J connectivity index is 2.18. The molecule has 0 bridgehead atoms. The van der Waals surface area contributed by atoms with Crippen molar-refractivity contribution in [2.75, 3.05) is 12.0 Å². The summed E-state index contributed by atoms with van der Waals surface area (Å²) in [7, 11) is 1.54. The van der Waals surface area contributed by atoms with E-state index in [2.05, 4.69) is 0 Å². The molecule has 0 atom stereocenters. The minimum Gasteiger partial charge on any atom is -0.497 e. The third-order valence-electron chi connectivity index (χ3n) is 4.03. The summed E-state index contributed by atoms with van der Waals surface area (Å²) in [4.78, 5) is 37.6. The van der Waals surface area contributed by atoms with Crippen LogP contribution >= 0.6 is 0 Å². The third kappa shape index (κ3) is 1.89. The van der Waals surface area contributed by atoms with Crippen LogP contribution in [0.1, 0.15) is 13.8 Å². The van der Waals surface area contributed by atoms with Crippen molar-refractivity contribution in [3.05, 3.63) is 47.7 Å². The highest BCUT2D eigenvalue weighted by Crippen LogP contribution is 2.46. The summed E-state index contributed by atoms with van der Waals surface area (Å²) in [5.41, 5.74) is 0.789. The predicted molar refractivity (Wildman–Crippen MR) is 80.4 cm³/mol. The molecular weight excluding hydrogens is 282 g/mol. The second kappa shape index (κ2) is 4.66. The van der Waals surface area contributed by atoms with E-state index in [1.165, 1.54) is 17.1 Å². The molecule has 22 heavy (non-hydrogen) atoms. The van der Waals surface area contributed by atoms with Gasteiger partial charge in [-0.25, -0.2) is 0 Å². The van der Waals surface area contributed by atoms with Crippen molar-refractivity contribution in [3.8, 4) is 5.75 Å². The highest BCUT2D eigenvalue weighted by Gasteiger charge is 2.49. The van der Waals surface area contributed by atoms with Gasteiger partial charge in [-0.1, -0.05) is 6.07 Å². The number of anilines is 1. The van der Waals surface area contributed by atoms with E-state index < -0.39 is 17.0 Å². The first kappa shape index (κ1) is 14.3. The van der Waals surface area contributed by atoms with E-state index in [0.717, 1.165) is 0 Å². The molecule has 1 aromatic carbocycles. The van der Waals surface area contributed by atoms with Crippen molar-refractivity contribution in [3.63, 3.8) is 0 Å². The van der Waals surface area contributed by atoms with Crippen LogP contribution in [0.2, 0.25) is 0 Å². The van der Waals surface area contributed by atoms with Crippen LogP contribution in [-0.4, -0.2) is 24.6 Å². The number of benzene rings is 1. The number of methoxy groups -OCH3 is 1. The van der Waals surface area contributed by atoms with Crippen LogP contribution in [0.15, 0.2) is 47.7 Å². The second-order valence-corrected chi connectivity index (χ2v) is 5.78. The zero-order valence-electron chi connectivity index (χ0n) is 12.5. The number of amides is 1. The smallest absolute Gasteiger partial charge is 0.241 e. The van der Waals surface area contributed by atoms with Crippen molar-refractivity contribution in [1.82, 2.24) is 0 Å². The van der Waals surface area contributed by atoms with E-state index >= 15 is 0 Å². The quantitative estimate of drug-likeness (QED) is 0.619. The van der Waals surface area contributed by atoms with Crippen LogP contribution < -0.4 is 9.64 Å². The number of carbonyl (C=O) groups excluding carboxylic acids is 3. The van der Waals surface area contributed by atoms with Crippen LogP contribution in [0.3, 0.4) is 0 Å². The van der Waals surface area contributed by atoms with E-state index in [9.17, 15) is 14.4 Å². The first-order valence-electron chi connectivity index (χ1n) is 6.87. The molecule has 2 aliphatic rings. The Bertz CT molecular complexity index is 771. The van der Waals surface area contributed by atoms with Crippen LogP contribution in [0.4, 0.5) is 5.69 Å². The number of carbonyl (C=O) groups is 3. The van der Waals surface area contributed by atoms with Crippen LogP contribution in [0, 0.1) is 5.41 Å². The molecule has 5 nitrogen and oxygen atoms in total. The molecule has 0 spiro atoms. The lowest BCUT2D eigenvalue weighted by molar-refractivity contribution is -0.131. The van der Waals surface area contributed by atoms with E-state index in [0.29, 0.717) is 22.7 Å². The molecule has 1 heterocycles. The molecule has 0 saturated carbocycles. The summed E-state index contributed by atoms with van der Waals surface area (Å²) >= 11 is 0. The fourth-order valence-corrected chi connectivity index (χ4v) is 2.74. The second-order valence-electron chi connectivity index (χ2n) is 5.78. The van der Waals surface area contributed by atoms with Gasteiger partial charge in [0.15, 0.2) is 0 Å². The average molecular weight is 297 g/mol. The molecule has 1 aromatic rings. The van der Waals surface area contributed by atoms with Gasteiger partial charge in [0.1, 0.15) is 5.75 Å². The normalized spacial score (nSPS) is 19.8. The first-order valence-corrected chi connectivity index (χ1v) is 6.87. The van der Waals surface area contributed by atoms with Crippen molar-refractivity contribution in [2.45, 2.75) is 13.8 Å². The Morgan fingerprint density at radius 1 is 1.05 bits per heavy atom. The van der Waals surface area contributed by atoms with Gasteiger partial charge in [-0.2, -0.15) is 0 Å². The van der Waals surface area contributed by atoms with Crippen LogP contribution in [0.5, 0.6) is 5.75 Å². The summed E-state index contributed by atoms with van der Waals surface area (Å²) in [6, 6.07) is 7.03. The monoisotopic (exact) mass is 297 g/mol. The van der Waals surface area contributed by atoms with Gasteiger partial charge in [-0.05, 0) is 37.6 Å². The Kier molecular flexibility index (Phi) is 3.02. The minimum absolute atomic E-state index is 0.180. The SMILES string of the molecule is COc1cccc(N2C(=O)C(C)(C)C3=CC(=O)C(=O)C=C32)c1. The number of rotatable bonds is 2. The number of allylic oxidation sites excluding steroid dienone is 3. The molecule has 112 valence electrons. The lowest BCUT2D eigenvalue weighted by Gasteiger charge is -2.20. The summed E-state index contributed by atoms with van der Waals surface area (Å²) in [6.45, 7) is 3.50. The number of nitrogens with zero attached hydrogens (tertiary/aromatic N) is 1. The maximum atomic E-state index is 12.8. The van der Waals surface area contributed by atoms with Crippen molar-refractivity contribution in [2.24, 2.45) is 5.41 Å². The summed E-state index contributed by atoms with van der Waals surface area (Å²) in [6.07, 6.45) is 2.51. The topological polar surface area (TPSA) is 63.7 Å². The first-order chi connectivity index (χ1) is 10.4. The Hall–Kier alpha value is -2.69. The van der Waals surface area contributed by atoms with Gasteiger partial charge < -0.3 is 4.74 Å². The van der Waals surface area contributed by atoms with Gasteiger partial charge in [0.2, 0.25) is 17.5 Å². The lowest BCUT2D eigenvalue weighted by atomic mass is 9.83. The van der Waals surface area contributed by atoms with E-state index in [4.69, 9.17) is 4.74 Å². The van der Waals surface area contributed by atoms with Gasteiger partial charge in [0, 0.05) is 12.1 Å². The van der Waals surface area contributed by atoms with E-state index in [1.807, 2.05) is 0 Å². The molecule has 1 aliphatic heterocycles. The molecule has 0 radical (unpaired) electrons. The summed E-state index contributed by atoms with van der Waals surface area (Å²) in [5, 5.41) is 0. The lowest BCUT2D eigenvalue weighted by Crippen LogP contribution is -2.30. The number of ether oxygens (including phenoxy) is 1. The predicted octanol–water partition coefficient (Wildman–Crippen LogP) is 2.03. The van der Waals surface area contributed by atoms with Gasteiger partial charge in [-0.15, -0.1) is 0 Å². The third-order valence-corrected chi connectivity index (χ3v) is 4.03. The van der Waals surface area contributed by atoms with E-state index in [-0.39, 0.29) is 5.91 Å². The maximum Gasteiger partial charge on any atom is 0.241 e. The molecule has 1 fully saturated rings. The Labute approximate surface area is 127 Å². The van der Waals surface area contributed by atoms with Crippen molar-refractivity contribution < 1.29 is 19.1 Å². The number of ketones is 2. The molecule has 0 aromatic heterocycles. The summed E-state index contributed by atoms with van der Waals surface area (Å²) in [5.74, 6) is -0.774. The maximum absolute atomic E-state index is 12.8. The number of hydrogen-bond acceptors (Lipinski definition) is 4. The van der Waals surface area contributed by atoms with Gasteiger partial charge in [0.25, 0.3) is 0 Å². The van der Waals surface area contributed by atoms with E-state index in [1.54, 1.807) is 45.2 Å². The van der Waals surface area contributed by atoms with Crippen molar-refractivity contribution >= 4 is 23.2 Å². The standard InChI is InChI=1S/C17H15NO4/c1-17(2)12-8-14(19)15(20)9-13(12)18(16(17)21)10-5-4-6-11(7-10)22-3/h4-9H,1-3H3. The Morgan fingerprint density at radius 3 is 2.41 bits per heavy atom. The minimum atomic E-state index is -0.856. The van der Waals surface area contributed by atoms with Crippen LogP contribution in [0.25, 0.3) is 0 Å². The zero-order valence-corrected chi connectivity index (χ0v) is 12.5. The molecule has 1 amide bonds. The highest BCUT2D eigenvalue weighted by atomic mass is 16.5. The molecule has 1 saturated heterocycles. The van der Waals surface area contributed by atoms with Gasteiger partial charge >= 0.3 is 0 Å². The zero-order chi connectivity index (χ0) is 16.1. The van der Waals surface area contributed by atoms with Crippen molar-refractivity contribution in [1.29, 1.82) is 0 Å². The highest BCUT2D eigenvalue weighted by molar-refractivity contribution is 6.47. The molecular formula is C17H15NO4. The molecule has 5 heteroatoms. The van der Waals surface area contributed by atoms with Crippen LogP contribution in [-0.2, 0) is 14.4 Å². The molecule has 0 N–H and O–H groups in total. The molecule has 3 rings (SSSR count). The van der Waals surface area contributed by atoms with Gasteiger partial charge in [-0.3, -0.25) is 19.3 Å². The fraction of sp³-hybridized carbons (Fsp3) is 0.235. The fourth-order valence-electron chi connectivity index (χ4n) is 2.74. The summed E-state index contributed by atoms with van der Waals surface area (Å²) < 4.78 is 5.18. The average Bonchev–Trinajstić information content (AvgIpc) is 2.68. The number of fused-ring (bicyclic) bond motifs is 1. The molecule has 0 unspecified atom stereocenters. The largest absolute Gasteiger partial charge is 0.497 e. The number of hydrogen-bond donors (Lipinski definition) is 0. The van der Waals surface area contributed by atoms with Gasteiger partial charge in [0.05, 0.1) is 23.9 Å². The Morgan fingerprint density at radius 2 is 1.73 bits per heavy atom. The molecule has 1 aliphatic carbocycles.